The minimum atomic E-state index is -4.31. The highest BCUT2D eigenvalue weighted by atomic mass is 19.4. The summed E-state index contributed by atoms with van der Waals surface area (Å²) in [6.07, 6.45) is -3.85. The molecule has 0 fully saturated rings. The van der Waals surface area contributed by atoms with Gasteiger partial charge in [-0.15, -0.1) is 0 Å². The van der Waals surface area contributed by atoms with Crippen molar-refractivity contribution in [3.05, 3.63) is 40.4 Å². The van der Waals surface area contributed by atoms with Crippen LogP contribution in [0.1, 0.15) is 12.2 Å². The summed E-state index contributed by atoms with van der Waals surface area (Å²) in [6, 6.07) is 6.80. The van der Waals surface area contributed by atoms with E-state index in [-0.39, 0.29) is 38.1 Å². The fourth-order valence-corrected chi connectivity index (χ4v) is 2.34. The predicted molar refractivity (Wildman–Crippen MR) is 80.3 cm³/mol. The van der Waals surface area contributed by atoms with Crippen molar-refractivity contribution in [2.45, 2.75) is 19.0 Å². The molecule has 0 saturated carbocycles. The van der Waals surface area contributed by atoms with E-state index in [0.717, 1.165) is 0 Å². The van der Waals surface area contributed by atoms with Crippen LogP contribution in [-0.4, -0.2) is 52.4 Å². The van der Waals surface area contributed by atoms with Crippen molar-refractivity contribution in [1.82, 2.24) is 14.9 Å². The number of fused-ring (bicyclic) bond motifs is 1. The van der Waals surface area contributed by atoms with E-state index < -0.39 is 12.7 Å². The van der Waals surface area contributed by atoms with Crippen LogP contribution in [0.5, 0.6) is 0 Å². The lowest BCUT2D eigenvalue weighted by Crippen LogP contribution is -2.37. The lowest BCUT2D eigenvalue weighted by molar-refractivity contribution is -0.146. The van der Waals surface area contributed by atoms with Gasteiger partial charge in [0.1, 0.15) is 5.82 Å². The first-order valence-electron chi connectivity index (χ1n) is 7.27. The Kier molecular flexibility index (Phi) is 5.73. The molecule has 0 bridgehead atoms. The first kappa shape index (κ1) is 17.4. The van der Waals surface area contributed by atoms with Gasteiger partial charge < -0.3 is 10.1 Å². The Bertz CT molecular complexity index is 700. The van der Waals surface area contributed by atoms with Gasteiger partial charge >= 0.3 is 6.18 Å². The maximum absolute atomic E-state index is 12.6. The van der Waals surface area contributed by atoms with E-state index in [1.54, 1.807) is 24.3 Å². The van der Waals surface area contributed by atoms with Gasteiger partial charge in [0.05, 0.1) is 17.4 Å². The standard InChI is InChI=1S/C15H18F3N3O2/c16-15(17,18)10-21(7-3-9-22)8-6-13-19-12-5-2-1-4-11(12)14(23)20-13/h1-2,4-5,22H,3,6-10H2,(H,19,20,23). The molecule has 0 saturated heterocycles. The Morgan fingerprint density at radius 3 is 2.65 bits per heavy atom. The Morgan fingerprint density at radius 2 is 1.96 bits per heavy atom. The number of halogens is 3. The van der Waals surface area contributed by atoms with Crippen molar-refractivity contribution in [2.24, 2.45) is 0 Å². The van der Waals surface area contributed by atoms with E-state index in [4.69, 9.17) is 5.11 Å². The fourth-order valence-electron chi connectivity index (χ4n) is 2.34. The maximum atomic E-state index is 12.6. The van der Waals surface area contributed by atoms with Crippen molar-refractivity contribution < 1.29 is 18.3 Å². The number of aliphatic hydroxyl groups is 1. The second-order valence-corrected chi connectivity index (χ2v) is 5.25. The molecule has 0 aliphatic carbocycles. The number of nitrogens with one attached hydrogen (secondary N) is 1. The first-order valence-corrected chi connectivity index (χ1v) is 7.27. The highest BCUT2D eigenvalue weighted by molar-refractivity contribution is 5.77. The molecule has 0 spiro atoms. The number of rotatable bonds is 7. The van der Waals surface area contributed by atoms with Crippen LogP contribution in [0.2, 0.25) is 0 Å². The number of aromatic amines is 1. The molecule has 2 N–H and O–H groups in total. The molecule has 126 valence electrons. The van der Waals surface area contributed by atoms with Crippen molar-refractivity contribution >= 4 is 10.9 Å². The summed E-state index contributed by atoms with van der Waals surface area (Å²) in [7, 11) is 0. The van der Waals surface area contributed by atoms with Gasteiger partial charge in [0.2, 0.25) is 0 Å². The number of hydrogen-bond acceptors (Lipinski definition) is 4. The molecule has 0 aliphatic rings. The normalized spacial score (nSPS) is 12.2. The predicted octanol–water partition coefficient (Wildman–Crippen LogP) is 1.71. The number of para-hydroxylation sites is 1. The third kappa shape index (κ3) is 5.33. The number of benzene rings is 1. The maximum Gasteiger partial charge on any atom is 0.401 e. The Morgan fingerprint density at radius 1 is 1.22 bits per heavy atom. The van der Waals surface area contributed by atoms with Crippen LogP contribution >= 0.6 is 0 Å². The minimum absolute atomic E-state index is 0.0980. The summed E-state index contributed by atoms with van der Waals surface area (Å²) in [5.74, 6) is 0.352. The van der Waals surface area contributed by atoms with Crippen LogP contribution in [0, 0.1) is 0 Å². The fraction of sp³-hybridized carbons (Fsp3) is 0.467. The average Bonchev–Trinajstić information content (AvgIpc) is 2.49. The zero-order chi connectivity index (χ0) is 16.9. The van der Waals surface area contributed by atoms with E-state index in [2.05, 4.69) is 9.97 Å². The number of aliphatic hydroxyl groups excluding tert-OH is 1. The molecule has 2 aromatic rings. The summed E-state index contributed by atoms with van der Waals surface area (Å²) in [5, 5.41) is 9.23. The quantitative estimate of drug-likeness (QED) is 0.811. The highest BCUT2D eigenvalue weighted by Crippen LogP contribution is 2.17. The summed E-state index contributed by atoms with van der Waals surface area (Å²) in [5.41, 5.74) is 0.215. The number of H-pyrrole nitrogens is 1. The van der Waals surface area contributed by atoms with Gasteiger partial charge in [-0.2, -0.15) is 13.2 Å². The lowest BCUT2D eigenvalue weighted by Gasteiger charge is -2.23. The third-order valence-corrected chi connectivity index (χ3v) is 3.36. The van der Waals surface area contributed by atoms with E-state index in [1.165, 1.54) is 4.90 Å². The van der Waals surface area contributed by atoms with Gasteiger partial charge in [0.15, 0.2) is 0 Å². The average molecular weight is 329 g/mol. The van der Waals surface area contributed by atoms with E-state index in [9.17, 15) is 18.0 Å². The van der Waals surface area contributed by atoms with Gasteiger partial charge in [0, 0.05) is 26.1 Å². The number of hydrogen-bond donors (Lipinski definition) is 2. The monoisotopic (exact) mass is 329 g/mol. The van der Waals surface area contributed by atoms with E-state index in [1.807, 2.05) is 0 Å². The van der Waals surface area contributed by atoms with Gasteiger partial charge in [-0.1, -0.05) is 12.1 Å². The molecule has 5 nitrogen and oxygen atoms in total. The number of alkyl halides is 3. The van der Waals surface area contributed by atoms with Crippen molar-refractivity contribution in [3.8, 4) is 0 Å². The molecule has 0 aliphatic heterocycles. The molecule has 1 aromatic heterocycles. The summed E-state index contributed by atoms with van der Waals surface area (Å²) < 4.78 is 37.7. The molecular formula is C15H18F3N3O2. The lowest BCUT2D eigenvalue weighted by atomic mass is 10.2. The topological polar surface area (TPSA) is 69.2 Å². The minimum Gasteiger partial charge on any atom is -0.396 e. The Balaban J connectivity index is 2.09. The molecule has 0 atom stereocenters. The largest absolute Gasteiger partial charge is 0.401 e. The molecule has 2 rings (SSSR count). The molecule has 0 unspecified atom stereocenters. The molecule has 0 radical (unpaired) electrons. The SMILES string of the molecule is O=c1[nH]c(CCN(CCCO)CC(F)(F)F)nc2ccccc12. The van der Waals surface area contributed by atoms with Gasteiger partial charge in [-0.25, -0.2) is 4.98 Å². The summed E-state index contributed by atoms with van der Waals surface area (Å²) in [4.78, 5) is 20.0. The van der Waals surface area contributed by atoms with Crippen molar-refractivity contribution in [2.75, 3.05) is 26.2 Å². The second kappa shape index (κ2) is 7.56. The first-order chi connectivity index (χ1) is 10.9. The Labute approximate surface area is 130 Å². The zero-order valence-corrected chi connectivity index (χ0v) is 12.4. The van der Waals surface area contributed by atoms with Crippen LogP contribution in [0.15, 0.2) is 29.1 Å². The van der Waals surface area contributed by atoms with Crippen LogP contribution in [-0.2, 0) is 6.42 Å². The summed E-state index contributed by atoms with van der Waals surface area (Å²) >= 11 is 0. The highest BCUT2D eigenvalue weighted by Gasteiger charge is 2.30. The molecular weight excluding hydrogens is 311 g/mol. The van der Waals surface area contributed by atoms with E-state index in [0.29, 0.717) is 16.7 Å². The zero-order valence-electron chi connectivity index (χ0n) is 12.4. The molecule has 0 amide bonds. The molecule has 23 heavy (non-hydrogen) atoms. The van der Waals surface area contributed by atoms with Gasteiger partial charge in [-0.3, -0.25) is 9.69 Å². The van der Waals surface area contributed by atoms with Crippen molar-refractivity contribution in [3.63, 3.8) is 0 Å². The third-order valence-electron chi connectivity index (χ3n) is 3.36. The smallest absolute Gasteiger partial charge is 0.396 e. The van der Waals surface area contributed by atoms with Crippen LogP contribution in [0.4, 0.5) is 13.2 Å². The number of nitrogens with zero attached hydrogens (tertiary/aromatic N) is 2. The molecule has 8 heteroatoms. The second-order valence-electron chi connectivity index (χ2n) is 5.25. The van der Waals surface area contributed by atoms with Gasteiger partial charge in [-0.05, 0) is 18.6 Å². The summed E-state index contributed by atoms with van der Waals surface area (Å²) in [6.45, 7) is -0.987. The van der Waals surface area contributed by atoms with Crippen molar-refractivity contribution in [1.29, 1.82) is 0 Å². The van der Waals surface area contributed by atoms with Crippen LogP contribution in [0.25, 0.3) is 10.9 Å². The Hall–Kier alpha value is -1.93. The molecule has 1 aromatic carbocycles. The van der Waals surface area contributed by atoms with Crippen LogP contribution < -0.4 is 5.56 Å². The van der Waals surface area contributed by atoms with Gasteiger partial charge in [0.25, 0.3) is 5.56 Å². The number of aromatic nitrogens is 2. The van der Waals surface area contributed by atoms with Crippen LogP contribution in [0.3, 0.4) is 0 Å². The molecule has 1 heterocycles. The van der Waals surface area contributed by atoms with E-state index >= 15 is 0 Å².